The molecule has 1 aliphatic carbocycles. The average molecular weight is 264 g/mol. The summed E-state index contributed by atoms with van der Waals surface area (Å²) in [6.45, 7) is 0. The van der Waals surface area contributed by atoms with E-state index < -0.39 is 6.10 Å². The van der Waals surface area contributed by atoms with E-state index in [1.54, 1.807) is 0 Å². The Bertz CT molecular complexity index is 465. The van der Waals surface area contributed by atoms with Crippen LogP contribution in [0.15, 0.2) is 12.1 Å². The molecule has 0 radical (unpaired) electrons. The van der Waals surface area contributed by atoms with Crippen LogP contribution in [0.2, 0.25) is 0 Å². The van der Waals surface area contributed by atoms with Gasteiger partial charge < -0.3 is 20.1 Å². The molecule has 2 atom stereocenters. The van der Waals surface area contributed by atoms with Crippen molar-refractivity contribution in [3.8, 4) is 17.2 Å². The molecule has 1 heterocycles. The van der Waals surface area contributed by atoms with E-state index in [4.69, 9.17) is 4.74 Å². The van der Waals surface area contributed by atoms with E-state index in [1.165, 1.54) is 31.4 Å². The lowest BCUT2D eigenvalue weighted by Gasteiger charge is -2.37. The first-order chi connectivity index (χ1) is 9.15. The van der Waals surface area contributed by atoms with Crippen molar-refractivity contribution in [1.82, 2.24) is 0 Å². The molecule has 0 spiro atoms. The quantitative estimate of drug-likeness (QED) is 0.728. The van der Waals surface area contributed by atoms with Crippen LogP contribution in [0.25, 0.3) is 0 Å². The summed E-state index contributed by atoms with van der Waals surface area (Å²) < 4.78 is 5.88. The molecule has 1 saturated carbocycles. The molecule has 3 rings (SSSR count). The van der Waals surface area contributed by atoms with Crippen molar-refractivity contribution in [2.45, 2.75) is 50.7 Å². The minimum absolute atomic E-state index is 0.00357. The van der Waals surface area contributed by atoms with Gasteiger partial charge in [0, 0.05) is 24.1 Å². The van der Waals surface area contributed by atoms with Crippen molar-refractivity contribution < 1.29 is 20.1 Å². The van der Waals surface area contributed by atoms with Crippen LogP contribution in [0, 0.1) is 5.92 Å². The Kier molecular flexibility index (Phi) is 3.27. The van der Waals surface area contributed by atoms with Crippen LogP contribution in [0.4, 0.5) is 0 Å². The van der Waals surface area contributed by atoms with Gasteiger partial charge in [-0.1, -0.05) is 19.3 Å². The topological polar surface area (TPSA) is 69.9 Å². The van der Waals surface area contributed by atoms with Crippen molar-refractivity contribution in [2.24, 2.45) is 5.92 Å². The summed E-state index contributed by atoms with van der Waals surface area (Å²) in [6, 6.07) is 2.81. The van der Waals surface area contributed by atoms with Crippen molar-refractivity contribution in [3.63, 3.8) is 0 Å². The molecule has 4 heteroatoms. The molecule has 3 N–H and O–H groups in total. The molecule has 0 unspecified atom stereocenters. The standard InChI is InChI=1S/C15H20O4/c16-10-6-12(17)11-8-13(18)15(19-14(11)7-10)9-4-2-1-3-5-9/h6-7,9,13,15-18H,1-5,8H2/t13-,15-/m0/s1. The summed E-state index contributed by atoms with van der Waals surface area (Å²) >= 11 is 0. The van der Waals surface area contributed by atoms with Crippen molar-refractivity contribution in [3.05, 3.63) is 17.7 Å². The molecule has 1 aliphatic heterocycles. The summed E-state index contributed by atoms with van der Waals surface area (Å²) in [4.78, 5) is 0. The van der Waals surface area contributed by atoms with Gasteiger partial charge in [-0.2, -0.15) is 0 Å². The van der Waals surface area contributed by atoms with E-state index in [1.807, 2.05) is 0 Å². The van der Waals surface area contributed by atoms with Gasteiger partial charge in [-0.3, -0.25) is 0 Å². The van der Waals surface area contributed by atoms with E-state index in [2.05, 4.69) is 0 Å². The van der Waals surface area contributed by atoms with Gasteiger partial charge in [0.2, 0.25) is 0 Å². The maximum atomic E-state index is 10.3. The third kappa shape index (κ3) is 2.37. The second kappa shape index (κ2) is 4.93. The van der Waals surface area contributed by atoms with E-state index in [-0.39, 0.29) is 17.6 Å². The zero-order valence-corrected chi connectivity index (χ0v) is 10.9. The Morgan fingerprint density at radius 1 is 1.05 bits per heavy atom. The third-order valence-corrected chi connectivity index (χ3v) is 4.34. The highest BCUT2D eigenvalue weighted by atomic mass is 16.5. The van der Waals surface area contributed by atoms with E-state index >= 15 is 0 Å². The van der Waals surface area contributed by atoms with Crippen LogP contribution in [0.3, 0.4) is 0 Å². The number of aliphatic hydroxyl groups is 1. The second-order valence-electron chi connectivity index (χ2n) is 5.69. The highest BCUT2D eigenvalue weighted by molar-refractivity contribution is 5.51. The number of aliphatic hydroxyl groups excluding tert-OH is 1. The van der Waals surface area contributed by atoms with Gasteiger partial charge in [0.15, 0.2) is 0 Å². The van der Waals surface area contributed by atoms with Crippen molar-refractivity contribution in [1.29, 1.82) is 0 Å². The number of fused-ring (bicyclic) bond motifs is 1. The number of ether oxygens (including phenoxy) is 1. The molecular formula is C15H20O4. The molecule has 104 valence electrons. The summed E-state index contributed by atoms with van der Waals surface area (Å²) in [5.74, 6) is 0.881. The van der Waals surface area contributed by atoms with Gasteiger partial charge in [0.1, 0.15) is 23.4 Å². The molecule has 2 aliphatic rings. The molecule has 0 saturated heterocycles. The zero-order valence-electron chi connectivity index (χ0n) is 10.9. The van der Waals surface area contributed by atoms with E-state index in [9.17, 15) is 15.3 Å². The lowest BCUT2D eigenvalue weighted by molar-refractivity contribution is -0.0228. The average Bonchev–Trinajstić information content (AvgIpc) is 2.40. The molecule has 1 fully saturated rings. The minimum atomic E-state index is -0.578. The van der Waals surface area contributed by atoms with Gasteiger partial charge in [-0.25, -0.2) is 0 Å². The number of hydrogen-bond donors (Lipinski definition) is 3. The summed E-state index contributed by atoms with van der Waals surface area (Å²) in [5, 5.41) is 29.6. The molecular weight excluding hydrogens is 244 g/mol. The number of rotatable bonds is 1. The number of phenols is 2. The second-order valence-corrected chi connectivity index (χ2v) is 5.69. The highest BCUT2D eigenvalue weighted by Gasteiger charge is 2.36. The lowest BCUT2D eigenvalue weighted by Crippen LogP contribution is -2.43. The Balaban J connectivity index is 1.86. The van der Waals surface area contributed by atoms with Crippen LogP contribution in [0.1, 0.15) is 37.7 Å². The Hall–Kier alpha value is -1.42. The normalized spacial score (nSPS) is 27.6. The van der Waals surface area contributed by atoms with Crippen molar-refractivity contribution >= 4 is 0 Å². The molecule has 0 amide bonds. The van der Waals surface area contributed by atoms with E-state index in [0.29, 0.717) is 23.7 Å². The fourth-order valence-corrected chi connectivity index (χ4v) is 3.35. The van der Waals surface area contributed by atoms with E-state index in [0.717, 1.165) is 12.8 Å². The van der Waals surface area contributed by atoms with Gasteiger partial charge in [-0.05, 0) is 18.8 Å². The molecule has 19 heavy (non-hydrogen) atoms. The van der Waals surface area contributed by atoms with Crippen LogP contribution in [-0.2, 0) is 6.42 Å². The monoisotopic (exact) mass is 264 g/mol. The number of aromatic hydroxyl groups is 2. The van der Waals surface area contributed by atoms with Crippen molar-refractivity contribution in [2.75, 3.05) is 0 Å². The predicted octanol–water partition coefficient (Wildman–Crippen LogP) is 2.34. The summed E-state index contributed by atoms with van der Waals surface area (Å²) in [6.07, 6.45) is 5.41. The van der Waals surface area contributed by atoms with Crippen LogP contribution in [-0.4, -0.2) is 27.5 Å². The Morgan fingerprint density at radius 3 is 2.53 bits per heavy atom. The summed E-state index contributed by atoms with van der Waals surface area (Å²) in [5.41, 5.74) is 0.595. The highest BCUT2D eigenvalue weighted by Crippen LogP contribution is 2.41. The largest absolute Gasteiger partial charge is 0.508 e. The fraction of sp³-hybridized carbons (Fsp3) is 0.600. The number of phenolic OH excluding ortho intramolecular Hbond substituents is 2. The van der Waals surface area contributed by atoms with Gasteiger partial charge >= 0.3 is 0 Å². The zero-order chi connectivity index (χ0) is 13.4. The van der Waals surface area contributed by atoms with Gasteiger partial charge in [0.05, 0.1) is 6.10 Å². The summed E-state index contributed by atoms with van der Waals surface area (Å²) in [7, 11) is 0. The predicted molar refractivity (Wildman–Crippen MR) is 70.5 cm³/mol. The lowest BCUT2D eigenvalue weighted by atomic mass is 9.81. The molecule has 0 bridgehead atoms. The molecule has 1 aromatic carbocycles. The van der Waals surface area contributed by atoms with Crippen LogP contribution in [0.5, 0.6) is 17.2 Å². The van der Waals surface area contributed by atoms with Gasteiger partial charge in [-0.15, -0.1) is 0 Å². The number of hydrogen-bond acceptors (Lipinski definition) is 4. The molecule has 1 aromatic rings. The fourth-order valence-electron chi connectivity index (χ4n) is 3.35. The molecule has 0 aromatic heterocycles. The molecule has 4 nitrogen and oxygen atoms in total. The Morgan fingerprint density at radius 2 is 1.79 bits per heavy atom. The number of benzene rings is 1. The van der Waals surface area contributed by atoms with Gasteiger partial charge in [0.25, 0.3) is 0 Å². The maximum Gasteiger partial charge on any atom is 0.130 e. The Labute approximate surface area is 112 Å². The third-order valence-electron chi connectivity index (χ3n) is 4.34. The van der Waals surface area contributed by atoms with Crippen LogP contribution < -0.4 is 4.74 Å². The maximum absolute atomic E-state index is 10.3. The van der Waals surface area contributed by atoms with Crippen LogP contribution >= 0.6 is 0 Å². The first-order valence-corrected chi connectivity index (χ1v) is 7.04. The first kappa shape index (κ1) is 12.6. The smallest absolute Gasteiger partial charge is 0.130 e. The SMILES string of the molecule is Oc1cc(O)c2c(c1)O[C@@H](C1CCCCC1)[C@@H](O)C2. The minimum Gasteiger partial charge on any atom is -0.508 e. The first-order valence-electron chi connectivity index (χ1n) is 7.04.